The predicted octanol–water partition coefficient (Wildman–Crippen LogP) is 5.14. The van der Waals surface area contributed by atoms with E-state index >= 15 is 0 Å². The number of ether oxygens (including phenoxy) is 2. The molecule has 5 rings (SSSR count). The molecular weight excluding hydrogens is 594 g/mol. The molecule has 252 valence electrons. The molecule has 2 unspecified atom stereocenters. The van der Waals surface area contributed by atoms with Gasteiger partial charge in [0, 0.05) is 38.5 Å². The minimum Gasteiger partial charge on any atom is -0.497 e. The van der Waals surface area contributed by atoms with Gasteiger partial charge in [-0.15, -0.1) is 13.2 Å². The lowest BCUT2D eigenvalue weighted by molar-refractivity contribution is -0.151. The molecule has 3 amide bonds. The first kappa shape index (κ1) is 34.4. The van der Waals surface area contributed by atoms with Gasteiger partial charge in [-0.25, -0.2) is 0 Å². The van der Waals surface area contributed by atoms with Gasteiger partial charge in [0.05, 0.1) is 24.5 Å². The molecule has 1 spiro atoms. The summed E-state index contributed by atoms with van der Waals surface area (Å²) in [6, 6.07) is 16.2. The summed E-state index contributed by atoms with van der Waals surface area (Å²) in [5, 5.41) is 9.28. The van der Waals surface area contributed by atoms with Crippen molar-refractivity contribution >= 4 is 23.4 Å². The van der Waals surface area contributed by atoms with Gasteiger partial charge in [0.1, 0.15) is 17.4 Å². The van der Waals surface area contributed by atoms with E-state index in [1.807, 2.05) is 49.4 Å². The van der Waals surface area contributed by atoms with Crippen molar-refractivity contribution < 1.29 is 29.0 Å². The van der Waals surface area contributed by atoms with E-state index < -0.39 is 29.1 Å². The summed E-state index contributed by atoms with van der Waals surface area (Å²) in [6.45, 7) is 11.3. The van der Waals surface area contributed by atoms with Gasteiger partial charge in [0.25, 0.3) is 5.91 Å². The van der Waals surface area contributed by atoms with Gasteiger partial charge in [-0.2, -0.15) is 0 Å². The van der Waals surface area contributed by atoms with Crippen molar-refractivity contribution in [2.24, 2.45) is 11.8 Å². The first-order valence-corrected chi connectivity index (χ1v) is 16.9. The van der Waals surface area contributed by atoms with Crippen molar-refractivity contribution in [3.05, 3.63) is 85.5 Å². The van der Waals surface area contributed by atoms with Gasteiger partial charge in [-0.05, 0) is 61.9 Å². The number of aliphatic hydroxyl groups is 1. The normalized spacial score (nSPS) is 25.8. The third-order valence-corrected chi connectivity index (χ3v) is 10.3. The fourth-order valence-electron chi connectivity index (χ4n) is 8.11. The highest BCUT2D eigenvalue weighted by Gasteiger charge is 2.79. The molecule has 0 aliphatic carbocycles. The summed E-state index contributed by atoms with van der Waals surface area (Å²) in [7, 11) is 1.59. The number of methoxy groups -OCH3 is 1. The van der Waals surface area contributed by atoms with Crippen molar-refractivity contribution in [1.82, 2.24) is 9.80 Å². The summed E-state index contributed by atoms with van der Waals surface area (Å²) in [5.74, 6) is -1.40. The van der Waals surface area contributed by atoms with Crippen molar-refractivity contribution in [3.8, 4) is 5.75 Å². The maximum Gasteiger partial charge on any atom is 0.253 e. The maximum atomic E-state index is 14.9. The minimum atomic E-state index is -1.13. The summed E-state index contributed by atoms with van der Waals surface area (Å²) in [5.41, 5.74) is -0.324. The number of unbranched alkanes of at least 4 members (excludes halogenated alkanes) is 3. The van der Waals surface area contributed by atoms with Crippen LogP contribution in [0.25, 0.3) is 0 Å². The summed E-state index contributed by atoms with van der Waals surface area (Å²) >= 11 is 0. The lowest BCUT2D eigenvalue weighted by atomic mass is 9.64. The Bertz CT molecular complexity index is 1430. The van der Waals surface area contributed by atoms with Gasteiger partial charge in [0.15, 0.2) is 0 Å². The van der Waals surface area contributed by atoms with E-state index in [1.54, 1.807) is 46.1 Å². The molecule has 3 aliphatic rings. The SMILES string of the molecule is C=CCN(Cc1ccccc1)C(=O)[C@@H]1[C@H]2C(=O)N(CCCCCCO)C(C(=O)N(CC=C)c3ccc(OC)cc3)C23CC[C@@]1(CC)O3. The van der Waals surface area contributed by atoms with Crippen LogP contribution in [-0.4, -0.2) is 83.2 Å². The van der Waals surface area contributed by atoms with Gasteiger partial charge in [-0.1, -0.05) is 62.2 Å². The third-order valence-electron chi connectivity index (χ3n) is 10.3. The van der Waals surface area contributed by atoms with Crippen LogP contribution in [0.1, 0.15) is 57.4 Å². The molecule has 9 nitrogen and oxygen atoms in total. The Hall–Kier alpha value is -3.95. The van der Waals surface area contributed by atoms with Crippen LogP contribution < -0.4 is 9.64 Å². The molecule has 0 radical (unpaired) electrons. The fraction of sp³-hybridized carbons (Fsp3) is 0.500. The number of amides is 3. The number of hydrogen-bond donors (Lipinski definition) is 1. The van der Waals surface area contributed by atoms with E-state index in [-0.39, 0.29) is 30.9 Å². The van der Waals surface area contributed by atoms with E-state index in [9.17, 15) is 19.5 Å². The molecule has 2 bridgehead atoms. The van der Waals surface area contributed by atoms with Gasteiger partial charge < -0.3 is 29.3 Å². The lowest BCUT2D eigenvalue weighted by Crippen LogP contribution is -2.56. The Balaban J connectivity index is 1.55. The lowest BCUT2D eigenvalue weighted by Gasteiger charge is -2.37. The number of likely N-dealkylation sites (tertiary alicyclic amines) is 1. The first-order chi connectivity index (χ1) is 22.8. The van der Waals surface area contributed by atoms with Crippen molar-refractivity contribution in [2.45, 2.75) is 75.7 Å². The topological polar surface area (TPSA) is 99.6 Å². The minimum absolute atomic E-state index is 0.119. The Morgan fingerprint density at radius 2 is 1.70 bits per heavy atom. The molecule has 3 saturated heterocycles. The summed E-state index contributed by atoms with van der Waals surface area (Å²) < 4.78 is 12.4. The first-order valence-electron chi connectivity index (χ1n) is 16.9. The van der Waals surface area contributed by atoms with Gasteiger partial charge in [-0.3, -0.25) is 14.4 Å². The van der Waals surface area contributed by atoms with E-state index in [0.717, 1.165) is 18.4 Å². The molecule has 5 atom stereocenters. The van der Waals surface area contributed by atoms with E-state index in [0.29, 0.717) is 63.2 Å². The molecule has 9 heteroatoms. The molecule has 3 aliphatic heterocycles. The number of carbonyl (C=O) groups is 3. The van der Waals surface area contributed by atoms with Crippen LogP contribution in [0.4, 0.5) is 5.69 Å². The second kappa shape index (κ2) is 14.9. The van der Waals surface area contributed by atoms with Crippen molar-refractivity contribution in [3.63, 3.8) is 0 Å². The predicted molar refractivity (Wildman–Crippen MR) is 182 cm³/mol. The highest BCUT2D eigenvalue weighted by atomic mass is 16.5. The fourth-order valence-corrected chi connectivity index (χ4v) is 8.11. The number of hydrogen-bond acceptors (Lipinski definition) is 6. The number of rotatable bonds is 17. The van der Waals surface area contributed by atoms with Crippen LogP contribution in [0.3, 0.4) is 0 Å². The Labute approximate surface area is 278 Å². The second-order valence-electron chi connectivity index (χ2n) is 12.9. The average Bonchev–Trinajstić information content (AvgIpc) is 3.70. The van der Waals surface area contributed by atoms with Crippen LogP contribution >= 0.6 is 0 Å². The Morgan fingerprint density at radius 1 is 1.00 bits per heavy atom. The number of benzene rings is 2. The van der Waals surface area contributed by atoms with Crippen LogP contribution in [0.15, 0.2) is 79.9 Å². The zero-order chi connectivity index (χ0) is 33.6. The largest absolute Gasteiger partial charge is 0.497 e. The number of aliphatic hydroxyl groups excluding tert-OH is 1. The van der Waals surface area contributed by atoms with Crippen LogP contribution in [0.2, 0.25) is 0 Å². The molecule has 1 N–H and O–H groups in total. The maximum absolute atomic E-state index is 14.9. The standard InChI is InChI=1S/C38H49N3O6/c1-5-23-39(27-28-15-11-10-12-16-28)34(43)31-32-35(44)41(25-13-8-9-14-26-42)33(38(32)22-21-37(31,7-3)47-38)36(45)40(24-6-2)29-17-19-30(46-4)20-18-29/h5-6,10-12,15-20,31-33,42H,1-2,7-9,13-14,21-27H2,3-4H3/t31-,32-,33?,37+,38?/m0/s1. The zero-order valence-electron chi connectivity index (χ0n) is 27.8. The summed E-state index contributed by atoms with van der Waals surface area (Å²) in [6.07, 6.45) is 8.06. The van der Waals surface area contributed by atoms with E-state index in [4.69, 9.17) is 9.47 Å². The Morgan fingerprint density at radius 3 is 2.34 bits per heavy atom. The average molecular weight is 644 g/mol. The van der Waals surface area contributed by atoms with Gasteiger partial charge in [0.2, 0.25) is 11.8 Å². The summed E-state index contributed by atoms with van der Waals surface area (Å²) in [4.78, 5) is 49.4. The molecule has 2 aromatic carbocycles. The highest BCUT2D eigenvalue weighted by molar-refractivity contribution is 6.05. The molecule has 0 saturated carbocycles. The molecule has 0 aromatic heterocycles. The second-order valence-corrected chi connectivity index (χ2v) is 12.9. The molecule has 2 aromatic rings. The van der Waals surface area contributed by atoms with Crippen LogP contribution in [0.5, 0.6) is 5.75 Å². The molecule has 3 fully saturated rings. The van der Waals surface area contributed by atoms with Crippen LogP contribution in [-0.2, 0) is 25.7 Å². The van der Waals surface area contributed by atoms with E-state index in [1.165, 1.54) is 0 Å². The zero-order valence-corrected chi connectivity index (χ0v) is 27.8. The number of nitrogens with zero attached hydrogens (tertiary/aromatic N) is 3. The highest BCUT2D eigenvalue weighted by Crippen LogP contribution is 2.64. The molecular formula is C38H49N3O6. The molecule has 3 heterocycles. The Kier molecular flexibility index (Phi) is 10.9. The van der Waals surface area contributed by atoms with Crippen molar-refractivity contribution in [2.75, 3.05) is 38.3 Å². The van der Waals surface area contributed by atoms with Crippen LogP contribution in [0, 0.1) is 11.8 Å². The number of fused-ring (bicyclic) bond motifs is 1. The van der Waals surface area contributed by atoms with Gasteiger partial charge >= 0.3 is 0 Å². The quantitative estimate of drug-likeness (QED) is 0.190. The monoisotopic (exact) mass is 643 g/mol. The number of anilines is 1. The molecule has 47 heavy (non-hydrogen) atoms. The van der Waals surface area contributed by atoms with Crippen molar-refractivity contribution in [1.29, 1.82) is 0 Å². The van der Waals surface area contributed by atoms with E-state index in [2.05, 4.69) is 13.2 Å². The third kappa shape index (κ3) is 6.35. The smallest absolute Gasteiger partial charge is 0.253 e. The number of carbonyl (C=O) groups excluding carboxylic acids is 3.